The third-order valence-corrected chi connectivity index (χ3v) is 9.69. The number of epoxide rings is 1. The first kappa shape index (κ1) is 33.7. The number of alkyl carbamates (subject to hydrolysis) is 1. The summed E-state index contributed by atoms with van der Waals surface area (Å²) >= 11 is 1.60. The molecule has 2 amide bonds. The first-order chi connectivity index (χ1) is 19.4. The summed E-state index contributed by atoms with van der Waals surface area (Å²) in [4.78, 5) is 37.4. The van der Waals surface area contributed by atoms with E-state index in [4.69, 9.17) is 24.7 Å². The second kappa shape index (κ2) is 14.6. The summed E-state index contributed by atoms with van der Waals surface area (Å²) in [5.41, 5.74) is 7.04. The summed E-state index contributed by atoms with van der Waals surface area (Å²) in [5, 5.41) is 5.39. The van der Waals surface area contributed by atoms with Gasteiger partial charge in [0.1, 0.15) is 25.4 Å². The van der Waals surface area contributed by atoms with Crippen molar-refractivity contribution in [3.8, 4) is 0 Å². The van der Waals surface area contributed by atoms with Crippen LogP contribution in [0.5, 0.6) is 0 Å². The number of ether oxygens (including phenoxy) is 4. The van der Waals surface area contributed by atoms with Gasteiger partial charge in [0.15, 0.2) is 0 Å². The third-order valence-electron chi connectivity index (χ3n) is 9.05. The molecule has 11 heteroatoms. The minimum absolute atomic E-state index is 0.0217. The lowest BCUT2D eigenvalue weighted by atomic mass is 9.67. The van der Waals surface area contributed by atoms with Crippen molar-refractivity contribution in [1.82, 2.24) is 10.6 Å². The number of hydrogen-bond acceptors (Lipinski definition) is 9. The predicted molar refractivity (Wildman–Crippen MR) is 159 cm³/mol. The number of nitrogens with one attached hydrogen (secondary N) is 2. The lowest BCUT2D eigenvalue weighted by Gasteiger charge is -2.44. The van der Waals surface area contributed by atoms with Crippen molar-refractivity contribution < 1.29 is 33.3 Å². The fraction of sp³-hybridized carbons (Fsp3) is 0.833. The van der Waals surface area contributed by atoms with Gasteiger partial charge in [-0.05, 0) is 75.2 Å². The quantitative estimate of drug-likeness (QED) is 0.147. The highest BCUT2D eigenvalue weighted by atomic mass is 32.2. The normalized spacial score (nSPS) is 31.6. The Balaban J connectivity index is 1.52. The Hall–Kier alpha value is -1.82. The van der Waals surface area contributed by atoms with Gasteiger partial charge in [0.2, 0.25) is 5.91 Å². The fourth-order valence-electron chi connectivity index (χ4n) is 6.23. The summed E-state index contributed by atoms with van der Waals surface area (Å²) in [6, 6.07) is -1.13. The van der Waals surface area contributed by atoms with Crippen LogP contribution >= 0.6 is 11.8 Å². The molecule has 0 bridgehead atoms. The Morgan fingerprint density at radius 2 is 1.95 bits per heavy atom. The molecule has 1 saturated heterocycles. The monoisotopic (exact) mass is 597 g/mol. The molecular formula is C30H51N3O7S. The molecule has 1 heterocycles. The fourth-order valence-corrected chi connectivity index (χ4v) is 6.72. The summed E-state index contributed by atoms with van der Waals surface area (Å²) in [6.07, 6.45) is 7.18. The molecule has 3 rings (SSSR count). The molecule has 0 aromatic rings. The number of carbonyl (C=O) groups is 3. The van der Waals surface area contributed by atoms with E-state index in [1.807, 2.05) is 20.1 Å². The van der Waals surface area contributed by atoms with E-state index in [9.17, 15) is 14.4 Å². The first-order valence-corrected chi connectivity index (χ1v) is 16.2. The second-order valence-corrected chi connectivity index (χ2v) is 13.7. The van der Waals surface area contributed by atoms with Crippen LogP contribution in [0.4, 0.5) is 4.79 Å². The van der Waals surface area contributed by atoms with Gasteiger partial charge in [0.25, 0.3) is 0 Å². The van der Waals surface area contributed by atoms with Crippen molar-refractivity contribution in [2.75, 3.05) is 38.9 Å². The standard InChI is InChI=1S/C30H51N3O7S/c1-18(2)8-9-20-14-29(20,5)26-25(37-6)23(10-12-30(26)17-39-30)40-28(36)33-22(19(3)4)16-38-24(34)15-32-27(35)21(31)11-13-41-7/h8,19-23,25-26H,9-17,31H2,1-7H3,(H,32,35)(H,33,36)/t20-,21-,22-,23+,25+,26+,29-,30-/m0/s1. The summed E-state index contributed by atoms with van der Waals surface area (Å²) in [6.45, 7) is 10.8. The number of carbonyl (C=O) groups excluding carboxylic acids is 3. The Morgan fingerprint density at radius 3 is 2.54 bits per heavy atom. The van der Waals surface area contributed by atoms with E-state index in [0.29, 0.717) is 18.8 Å². The van der Waals surface area contributed by atoms with Crippen molar-refractivity contribution in [2.24, 2.45) is 28.9 Å². The highest BCUT2D eigenvalue weighted by Crippen LogP contribution is 2.68. The van der Waals surface area contributed by atoms with Crippen LogP contribution in [-0.4, -0.2) is 86.7 Å². The van der Waals surface area contributed by atoms with Crippen molar-refractivity contribution in [3.63, 3.8) is 0 Å². The number of allylic oxidation sites excluding steroid dienone is 2. The van der Waals surface area contributed by atoms with E-state index in [2.05, 4.69) is 37.5 Å². The molecule has 0 radical (unpaired) electrons. The lowest BCUT2D eigenvalue weighted by Crippen LogP contribution is -2.54. The van der Waals surface area contributed by atoms with Gasteiger partial charge in [-0.3, -0.25) is 9.59 Å². The smallest absolute Gasteiger partial charge is 0.407 e. The van der Waals surface area contributed by atoms with Crippen LogP contribution in [-0.2, 0) is 28.5 Å². The van der Waals surface area contributed by atoms with Crippen molar-refractivity contribution in [1.29, 1.82) is 0 Å². The maximum absolute atomic E-state index is 13.1. The van der Waals surface area contributed by atoms with E-state index in [-0.39, 0.29) is 42.1 Å². The van der Waals surface area contributed by atoms with Gasteiger partial charge in [0.05, 0.1) is 24.3 Å². The second-order valence-electron chi connectivity index (χ2n) is 12.7. The number of hydrogen-bond donors (Lipinski definition) is 3. The number of thioether (sulfide) groups is 1. The van der Waals surface area contributed by atoms with E-state index in [1.54, 1.807) is 18.9 Å². The lowest BCUT2D eigenvalue weighted by molar-refractivity contribution is -0.145. The minimum Gasteiger partial charge on any atom is -0.462 e. The molecular weight excluding hydrogens is 546 g/mol. The number of rotatable bonds is 15. The van der Waals surface area contributed by atoms with Gasteiger partial charge in [-0.25, -0.2) is 4.79 Å². The maximum atomic E-state index is 13.1. The highest BCUT2D eigenvalue weighted by Gasteiger charge is 2.70. The van der Waals surface area contributed by atoms with Crippen molar-refractivity contribution >= 4 is 29.7 Å². The number of methoxy groups -OCH3 is 1. The minimum atomic E-state index is -0.669. The molecule has 0 unspecified atom stereocenters. The molecule has 0 aromatic carbocycles. The molecule has 2 aliphatic carbocycles. The molecule has 4 N–H and O–H groups in total. The van der Waals surface area contributed by atoms with Crippen LogP contribution < -0.4 is 16.4 Å². The molecule has 234 valence electrons. The maximum Gasteiger partial charge on any atom is 0.407 e. The van der Waals surface area contributed by atoms with Gasteiger partial charge in [0, 0.05) is 13.0 Å². The summed E-state index contributed by atoms with van der Waals surface area (Å²) < 4.78 is 23.4. The Bertz CT molecular complexity index is 952. The Kier molecular flexibility index (Phi) is 12.0. The SMILES string of the molecule is CO[C@@H]1[C@H](OC(=O)N[C@@H](COC(=O)CNC(=O)[C@@H](N)CCSC)C(C)C)CC[C@]2(CO2)[C@H]1[C@@]1(C)C[C@@H]1CC=C(C)C. The zero-order valence-electron chi connectivity index (χ0n) is 25.8. The van der Waals surface area contributed by atoms with Crippen LogP contribution in [0.1, 0.15) is 66.7 Å². The molecule has 41 heavy (non-hydrogen) atoms. The number of esters is 1. The Labute approximate surface area is 249 Å². The zero-order chi connectivity index (χ0) is 30.4. The van der Waals surface area contributed by atoms with Crippen LogP contribution in [0.25, 0.3) is 0 Å². The molecule has 1 spiro atoms. The molecule has 2 saturated carbocycles. The van der Waals surface area contributed by atoms with Gasteiger partial charge < -0.3 is 35.3 Å². The van der Waals surface area contributed by atoms with Crippen molar-refractivity contribution in [3.05, 3.63) is 11.6 Å². The van der Waals surface area contributed by atoms with E-state index < -0.39 is 36.2 Å². The summed E-state index contributed by atoms with van der Waals surface area (Å²) in [5.74, 6) is 0.456. The topological polar surface area (TPSA) is 142 Å². The summed E-state index contributed by atoms with van der Waals surface area (Å²) in [7, 11) is 1.69. The first-order valence-electron chi connectivity index (χ1n) is 14.8. The average Bonchev–Trinajstić information content (AvgIpc) is 3.84. The average molecular weight is 598 g/mol. The molecule has 1 aliphatic heterocycles. The van der Waals surface area contributed by atoms with Gasteiger partial charge >= 0.3 is 12.1 Å². The number of amides is 2. The van der Waals surface area contributed by atoms with Gasteiger partial charge in [-0.2, -0.15) is 11.8 Å². The highest BCUT2D eigenvalue weighted by molar-refractivity contribution is 7.98. The van der Waals surface area contributed by atoms with E-state index in [1.165, 1.54) is 5.57 Å². The molecule has 10 nitrogen and oxygen atoms in total. The van der Waals surface area contributed by atoms with Crippen LogP contribution in [0.15, 0.2) is 11.6 Å². The van der Waals surface area contributed by atoms with E-state index in [0.717, 1.165) is 31.6 Å². The molecule has 3 aliphatic rings. The zero-order valence-corrected chi connectivity index (χ0v) is 26.6. The largest absolute Gasteiger partial charge is 0.462 e. The Morgan fingerprint density at radius 1 is 1.24 bits per heavy atom. The third kappa shape index (κ3) is 8.84. The van der Waals surface area contributed by atoms with Gasteiger partial charge in [-0.15, -0.1) is 0 Å². The van der Waals surface area contributed by atoms with E-state index >= 15 is 0 Å². The molecule has 3 fully saturated rings. The number of nitrogens with two attached hydrogens (primary N) is 1. The van der Waals surface area contributed by atoms with Gasteiger partial charge in [-0.1, -0.05) is 32.4 Å². The van der Waals surface area contributed by atoms with Crippen LogP contribution in [0.3, 0.4) is 0 Å². The predicted octanol–water partition coefficient (Wildman–Crippen LogP) is 3.42. The molecule has 0 aromatic heterocycles. The van der Waals surface area contributed by atoms with Crippen LogP contribution in [0, 0.1) is 23.2 Å². The van der Waals surface area contributed by atoms with Crippen molar-refractivity contribution in [2.45, 2.75) is 96.6 Å². The van der Waals surface area contributed by atoms with Crippen LogP contribution in [0.2, 0.25) is 0 Å². The molecule has 8 atom stereocenters.